The number of sulfonamides is 1. The van der Waals surface area contributed by atoms with Crippen molar-refractivity contribution in [2.75, 3.05) is 7.11 Å². The van der Waals surface area contributed by atoms with Crippen LogP contribution in [0.4, 0.5) is 0 Å². The van der Waals surface area contributed by atoms with Gasteiger partial charge in [0.05, 0.1) is 19.6 Å². The van der Waals surface area contributed by atoms with Crippen LogP contribution in [0.25, 0.3) is 0 Å². The van der Waals surface area contributed by atoms with Crippen LogP contribution < -0.4 is 4.72 Å². The summed E-state index contributed by atoms with van der Waals surface area (Å²) in [6, 6.07) is 6.50. The van der Waals surface area contributed by atoms with E-state index in [1.807, 2.05) is 19.1 Å². The second-order valence-electron chi connectivity index (χ2n) is 5.52. The highest BCUT2D eigenvalue weighted by Crippen LogP contribution is 2.24. The average Bonchev–Trinajstić information content (AvgIpc) is 2.86. The maximum Gasteiger partial charge on any atom is 0.307 e. The third kappa shape index (κ3) is 4.01. The van der Waals surface area contributed by atoms with E-state index in [-0.39, 0.29) is 22.8 Å². The molecule has 0 saturated carbocycles. The molecule has 1 unspecified atom stereocenters. The maximum absolute atomic E-state index is 12.7. The molecule has 0 bridgehead atoms. The minimum Gasteiger partial charge on any atom is -0.469 e. The molecule has 7 nitrogen and oxygen atoms in total. The highest BCUT2D eigenvalue weighted by molar-refractivity contribution is 7.89. The first-order chi connectivity index (χ1) is 11.2. The van der Waals surface area contributed by atoms with Crippen LogP contribution in [-0.4, -0.2) is 26.7 Å². The average molecular weight is 352 g/mol. The fourth-order valence-electron chi connectivity index (χ4n) is 2.38. The molecule has 0 radical (unpaired) electrons. The number of hydrogen-bond acceptors (Lipinski definition) is 6. The summed E-state index contributed by atoms with van der Waals surface area (Å²) in [6.07, 6.45) is -0.123. The van der Waals surface area contributed by atoms with Gasteiger partial charge in [-0.1, -0.05) is 35.0 Å². The molecule has 0 amide bonds. The maximum atomic E-state index is 12.7. The summed E-state index contributed by atoms with van der Waals surface area (Å²) >= 11 is 0. The van der Waals surface area contributed by atoms with Crippen molar-refractivity contribution in [3.8, 4) is 0 Å². The van der Waals surface area contributed by atoms with Gasteiger partial charge in [-0.15, -0.1) is 0 Å². The Morgan fingerprint density at radius 1 is 1.25 bits per heavy atom. The van der Waals surface area contributed by atoms with Gasteiger partial charge in [0.2, 0.25) is 10.0 Å². The number of benzene rings is 1. The molecule has 0 saturated heterocycles. The van der Waals surface area contributed by atoms with Crippen molar-refractivity contribution in [3.05, 3.63) is 46.8 Å². The monoisotopic (exact) mass is 352 g/mol. The summed E-state index contributed by atoms with van der Waals surface area (Å²) in [5, 5.41) is 3.67. The van der Waals surface area contributed by atoms with Gasteiger partial charge in [-0.05, 0) is 26.3 Å². The largest absolute Gasteiger partial charge is 0.469 e. The smallest absolute Gasteiger partial charge is 0.307 e. The predicted molar refractivity (Wildman–Crippen MR) is 86.9 cm³/mol. The Balaban J connectivity index is 2.37. The van der Waals surface area contributed by atoms with E-state index in [0.29, 0.717) is 5.56 Å². The third-order valence-corrected chi connectivity index (χ3v) is 5.33. The molecule has 2 aromatic rings. The molecule has 24 heavy (non-hydrogen) atoms. The molecule has 0 spiro atoms. The molecule has 8 heteroatoms. The van der Waals surface area contributed by atoms with Gasteiger partial charge >= 0.3 is 5.97 Å². The summed E-state index contributed by atoms with van der Waals surface area (Å²) in [4.78, 5) is 11.7. The first-order valence-corrected chi connectivity index (χ1v) is 8.81. The van der Waals surface area contributed by atoms with Crippen molar-refractivity contribution in [1.29, 1.82) is 0 Å². The second kappa shape index (κ2) is 7.14. The molecule has 130 valence electrons. The zero-order chi connectivity index (χ0) is 17.9. The summed E-state index contributed by atoms with van der Waals surface area (Å²) in [7, 11) is -2.64. The Morgan fingerprint density at radius 2 is 1.88 bits per heavy atom. The number of esters is 1. The minimum absolute atomic E-state index is 0.00974. The first-order valence-electron chi connectivity index (χ1n) is 7.33. The van der Waals surface area contributed by atoms with Crippen LogP contribution in [0.2, 0.25) is 0 Å². The Bertz CT molecular complexity index is 805. The van der Waals surface area contributed by atoms with Crippen molar-refractivity contribution < 1.29 is 22.5 Å². The molecule has 0 aliphatic heterocycles. The molecule has 0 aliphatic rings. The number of nitrogens with zero attached hydrogens (tertiary/aromatic N) is 1. The van der Waals surface area contributed by atoms with Gasteiger partial charge in [0.1, 0.15) is 10.6 Å². The van der Waals surface area contributed by atoms with Gasteiger partial charge in [-0.2, -0.15) is 0 Å². The number of hydrogen-bond donors (Lipinski definition) is 1. The third-order valence-electron chi connectivity index (χ3n) is 3.61. The van der Waals surface area contributed by atoms with E-state index in [4.69, 9.17) is 4.52 Å². The molecule has 1 aromatic carbocycles. The fourth-order valence-corrected chi connectivity index (χ4v) is 3.93. The molecule has 1 heterocycles. The topological polar surface area (TPSA) is 98.5 Å². The number of methoxy groups -OCH3 is 1. The lowest BCUT2D eigenvalue weighted by Crippen LogP contribution is -2.31. The zero-order valence-corrected chi connectivity index (χ0v) is 14.8. The Kier molecular flexibility index (Phi) is 5.40. The van der Waals surface area contributed by atoms with Crippen LogP contribution in [0.3, 0.4) is 0 Å². The van der Waals surface area contributed by atoms with E-state index < -0.39 is 22.0 Å². The van der Waals surface area contributed by atoms with Gasteiger partial charge in [-0.25, -0.2) is 13.1 Å². The molecule has 0 fully saturated rings. The van der Waals surface area contributed by atoms with Crippen LogP contribution >= 0.6 is 0 Å². The summed E-state index contributed by atoms with van der Waals surface area (Å²) in [5.41, 5.74) is 1.96. The lowest BCUT2D eigenvalue weighted by Gasteiger charge is -2.18. The number of carbonyl (C=O) groups is 1. The molecule has 0 aliphatic carbocycles. The molecule has 1 aromatic heterocycles. The number of nitrogens with one attached hydrogen (secondary N) is 1. The first kappa shape index (κ1) is 18.2. The van der Waals surface area contributed by atoms with E-state index in [1.165, 1.54) is 14.0 Å². The minimum atomic E-state index is -3.90. The Hall–Kier alpha value is -2.19. The van der Waals surface area contributed by atoms with Crippen LogP contribution in [0.5, 0.6) is 0 Å². The van der Waals surface area contributed by atoms with Crippen LogP contribution in [0, 0.1) is 20.8 Å². The van der Waals surface area contributed by atoms with Crippen molar-refractivity contribution in [1.82, 2.24) is 9.88 Å². The molecule has 2 rings (SSSR count). The van der Waals surface area contributed by atoms with Gasteiger partial charge in [0.25, 0.3) is 0 Å². The van der Waals surface area contributed by atoms with Crippen molar-refractivity contribution in [3.63, 3.8) is 0 Å². The second-order valence-corrected chi connectivity index (χ2v) is 7.17. The number of aromatic nitrogens is 1. The molecular formula is C16H20N2O5S. The number of aryl methyl sites for hydroxylation is 3. The van der Waals surface area contributed by atoms with E-state index in [2.05, 4.69) is 14.6 Å². The number of ether oxygens (including phenoxy) is 1. The van der Waals surface area contributed by atoms with Crippen molar-refractivity contribution in [2.24, 2.45) is 0 Å². The van der Waals surface area contributed by atoms with E-state index >= 15 is 0 Å². The highest BCUT2D eigenvalue weighted by Gasteiger charge is 2.29. The standard InChI is InChI=1S/C16H20N2O5S/c1-10-5-7-13(8-6-10)14(9-15(19)22-4)18-24(20,21)16-11(2)17-23-12(16)3/h5-8,14,18H,9H2,1-4H3. The predicted octanol–water partition coefficient (Wildman–Crippen LogP) is 2.18. The lowest BCUT2D eigenvalue weighted by molar-refractivity contribution is -0.141. The summed E-state index contributed by atoms with van der Waals surface area (Å²) < 4.78 is 37.5. The molecule has 1 atom stereocenters. The number of rotatable bonds is 6. The van der Waals surface area contributed by atoms with Gasteiger partial charge in [-0.3, -0.25) is 4.79 Å². The van der Waals surface area contributed by atoms with Gasteiger partial charge < -0.3 is 9.26 Å². The van der Waals surface area contributed by atoms with Crippen LogP contribution in [0.15, 0.2) is 33.7 Å². The summed E-state index contributed by atoms with van der Waals surface area (Å²) in [5.74, 6) is -0.317. The number of carbonyl (C=O) groups excluding carboxylic acids is 1. The highest BCUT2D eigenvalue weighted by atomic mass is 32.2. The van der Waals surface area contributed by atoms with E-state index in [9.17, 15) is 13.2 Å². The van der Waals surface area contributed by atoms with E-state index in [0.717, 1.165) is 5.56 Å². The summed E-state index contributed by atoms with van der Waals surface area (Å²) in [6.45, 7) is 5.00. The van der Waals surface area contributed by atoms with Gasteiger partial charge in [0, 0.05) is 0 Å². The molecular weight excluding hydrogens is 332 g/mol. The fraction of sp³-hybridized carbons (Fsp3) is 0.375. The SMILES string of the molecule is COC(=O)CC(NS(=O)(=O)c1c(C)noc1C)c1ccc(C)cc1. The van der Waals surface area contributed by atoms with Crippen LogP contribution in [-0.2, 0) is 19.6 Å². The van der Waals surface area contributed by atoms with Gasteiger partial charge in [0.15, 0.2) is 5.76 Å². The zero-order valence-electron chi connectivity index (χ0n) is 14.0. The normalized spacial score (nSPS) is 12.8. The quantitative estimate of drug-likeness (QED) is 0.800. The lowest BCUT2D eigenvalue weighted by atomic mass is 10.0. The Morgan fingerprint density at radius 3 is 2.38 bits per heavy atom. The van der Waals surface area contributed by atoms with E-state index in [1.54, 1.807) is 19.1 Å². The van der Waals surface area contributed by atoms with Crippen molar-refractivity contribution in [2.45, 2.75) is 38.1 Å². The van der Waals surface area contributed by atoms with Crippen molar-refractivity contribution >= 4 is 16.0 Å². The molecule has 1 N–H and O–H groups in total. The Labute approximate surface area is 141 Å². The van der Waals surface area contributed by atoms with Crippen LogP contribution in [0.1, 0.15) is 35.0 Å².